The molecule has 2 saturated carbocycles. The smallest absolute Gasteiger partial charge is 0.240 e. The number of hydrogen-bond donors (Lipinski definition) is 1. The van der Waals surface area contributed by atoms with Gasteiger partial charge in [0.15, 0.2) is 5.78 Å². The number of rotatable bonds is 9. The van der Waals surface area contributed by atoms with Crippen LogP contribution in [0.3, 0.4) is 0 Å². The molecule has 0 bridgehead atoms. The maximum atomic E-state index is 15.0. The summed E-state index contributed by atoms with van der Waals surface area (Å²) in [4.78, 5) is 63.3. The van der Waals surface area contributed by atoms with Gasteiger partial charge in [-0.15, -0.1) is 0 Å². The number of nitrogens with one attached hydrogen (secondary N) is 1. The Morgan fingerprint density at radius 1 is 1.13 bits per heavy atom. The molecule has 6 rings (SSSR count). The zero-order valence-corrected chi connectivity index (χ0v) is 34.0. The molecule has 4 aliphatic rings. The maximum absolute atomic E-state index is 15.0. The van der Waals surface area contributed by atoms with Crippen molar-refractivity contribution >= 4 is 44.2 Å². The molecule has 3 fully saturated rings. The van der Waals surface area contributed by atoms with Crippen molar-refractivity contribution < 1.29 is 41.5 Å². The first-order valence-corrected chi connectivity index (χ1v) is 21.2. The lowest BCUT2D eigenvalue weighted by molar-refractivity contribution is -0.146. The lowest BCUT2D eigenvalue weighted by Gasteiger charge is -2.34. The first kappa shape index (κ1) is 40.8. The van der Waals surface area contributed by atoms with Gasteiger partial charge in [-0.1, -0.05) is 53.2 Å². The number of amides is 2. The second kappa shape index (κ2) is 15.2. The molecule has 300 valence electrons. The lowest BCUT2D eigenvalue weighted by Crippen LogP contribution is -2.48. The highest BCUT2D eigenvalue weighted by Crippen LogP contribution is 2.58. The second-order valence-electron chi connectivity index (χ2n) is 17.8. The van der Waals surface area contributed by atoms with Crippen LogP contribution in [0, 0.1) is 40.3 Å². The molecule has 0 spiro atoms. The molecule has 1 N–H and O–H groups in total. The number of ether oxygens (including phenoxy) is 2. The number of hydrogen-bond acceptors (Lipinski definition) is 9. The number of allylic oxidation sites excluding steroid dienone is 2. The third-order valence-electron chi connectivity index (χ3n) is 12.6. The van der Waals surface area contributed by atoms with E-state index in [0.29, 0.717) is 48.6 Å². The number of Topliss-reactive ketones (excluding diaryl/α,β-unsaturated/α-hetero) is 2. The average Bonchev–Trinajstić information content (AvgIpc) is 4.00. The molecular formula is C42H56FN3O8S. The van der Waals surface area contributed by atoms with Gasteiger partial charge in [-0.2, -0.15) is 0 Å². The molecule has 7 atom stereocenters. The summed E-state index contributed by atoms with van der Waals surface area (Å²) < 4.78 is 54.2. The van der Waals surface area contributed by atoms with E-state index in [1.165, 1.54) is 30.3 Å². The van der Waals surface area contributed by atoms with Crippen LogP contribution in [0.1, 0.15) is 106 Å². The summed E-state index contributed by atoms with van der Waals surface area (Å²) in [5.74, 6) is -2.35. The lowest BCUT2D eigenvalue weighted by atomic mass is 9.75. The molecule has 1 aromatic heterocycles. The van der Waals surface area contributed by atoms with Crippen LogP contribution in [0.25, 0.3) is 10.8 Å². The molecule has 2 amide bonds. The molecule has 2 aliphatic carbocycles. The Morgan fingerprint density at radius 3 is 2.51 bits per heavy atom. The molecule has 55 heavy (non-hydrogen) atoms. The zero-order valence-electron chi connectivity index (χ0n) is 33.2. The number of carbonyl (C=O) groups is 4. The summed E-state index contributed by atoms with van der Waals surface area (Å²) in [7, 11) is -2.48. The van der Waals surface area contributed by atoms with Gasteiger partial charge in [-0.25, -0.2) is 17.8 Å². The largest absolute Gasteiger partial charge is 0.494 e. The number of halogens is 1. The van der Waals surface area contributed by atoms with Crippen LogP contribution in [0.4, 0.5) is 4.39 Å². The highest BCUT2D eigenvalue weighted by molar-refractivity contribution is 7.91. The molecular weight excluding hydrogens is 726 g/mol. The van der Waals surface area contributed by atoms with E-state index in [9.17, 15) is 27.2 Å². The number of benzene rings is 1. The zero-order chi connectivity index (χ0) is 40.1. The second-order valence-corrected chi connectivity index (χ2v) is 20.0. The number of pyridine rings is 1. The quantitative estimate of drug-likeness (QED) is 0.274. The topological polar surface area (TPSA) is 149 Å². The molecule has 3 heterocycles. The van der Waals surface area contributed by atoms with Gasteiger partial charge in [0.05, 0.1) is 41.4 Å². The summed E-state index contributed by atoms with van der Waals surface area (Å²) in [5.41, 5.74) is -1.98. The van der Waals surface area contributed by atoms with Crippen LogP contribution in [0.2, 0.25) is 0 Å². The van der Waals surface area contributed by atoms with Gasteiger partial charge in [0.25, 0.3) is 0 Å². The summed E-state index contributed by atoms with van der Waals surface area (Å²) in [6, 6.07) is 3.16. The Balaban J connectivity index is 1.38. The van der Waals surface area contributed by atoms with Crippen LogP contribution in [-0.2, 0) is 29.2 Å². The van der Waals surface area contributed by atoms with E-state index in [1.54, 1.807) is 13.0 Å². The van der Waals surface area contributed by atoms with E-state index in [-0.39, 0.29) is 66.9 Å². The highest BCUT2D eigenvalue weighted by Gasteiger charge is 2.62. The predicted molar refractivity (Wildman–Crippen MR) is 206 cm³/mol. The fourth-order valence-electron chi connectivity index (χ4n) is 8.43. The van der Waals surface area contributed by atoms with Crippen molar-refractivity contribution in [3.8, 4) is 11.6 Å². The van der Waals surface area contributed by atoms with E-state index in [4.69, 9.17) is 9.47 Å². The third-order valence-corrected chi connectivity index (χ3v) is 14.8. The number of sulfonamides is 1. The SMILES string of the molecule is CC[C@@H]1C[C@H](C)CC/C=C\[C@@H]2C[C@@]2(C(=O)NS(=O)(=O)C2(C)CC2)CC(=O)[C@@H]2C[C@@H](Oc3ncc(OC)c4ccc(F)cc34)CN2C(=O)[C@H]1CC(=O)C(C)(C)C. The average molecular weight is 782 g/mol. The molecule has 1 saturated heterocycles. The molecule has 1 aromatic carbocycles. The van der Waals surface area contributed by atoms with E-state index in [0.717, 1.165) is 12.8 Å². The molecule has 2 aromatic rings. The molecule has 11 nitrogen and oxygen atoms in total. The maximum Gasteiger partial charge on any atom is 0.240 e. The summed E-state index contributed by atoms with van der Waals surface area (Å²) >= 11 is 0. The normalized spacial score (nSPS) is 30.4. The van der Waals surface area contributed by atoms with Gasteiger partial charge in [0.1, 0.15) is 23.5 Å². The fraction of sp³-hybridized carbons (Fsp3) is 0.643. The van der Waals surface area contributed by atoms with E-state index >= 15 is 4.79 Å². The van der Waals surface area contributed by atoms with Gasteiger partial charge in [0.2, 0.25) is 27.7 Å². The van der Waals surface area contributed by atoms with Crippen LogP contribution >= 0.6 is 0 Å². The van der Waals surface area contributed by atoms with Gasteiger partial charge in [0, 0.05) is 36.0 Å². The van der Waals surface area contributed by atoms with Crippen LogP contribution < -0.4 is 14.2 Å². The number of methoxy groups -OCH3 is 1. The first-order chi connectivity index (χ1) is 25.8. The summed E-state index contributed by atoms with van der Waals surface area (Å²) in [6.45, 7) is 11.3. The Hall–Kier alpha value is -3.87. The minimum absolute atomic E-state index is 0.00121. The summed E-state index contributed by atoms with van der Waals surface area (Å²) in [5, 5.41) is 0.939. The monoisotopic (exact) mass is 781 g/mol. The number of nitrogens with zero attached hydrogens (tertiary/aromatic N) is 2. The Labute approximate surface area is 324 Å². The van der Waals surface area contributed by atoms with Gasteiger partial charge >= 0.3 is 0 Å². The van der Waals surface area contributed by atoms with Gasteiger partial charge in [-0.05, 0) is 81.4 Å². The van der Waals surface area contributed by atoms with Crippen molar-refractivity contribution in [2.75, 3.05) is 13.7 Å². The number of aromatic nitrogens is 1. The Kier molecular flexibility index (Phi) is 11.3. The molecule has 0 radical (unpaired) electrons. The molecule has 0 unspecified atom stereocenters. The van der Waals surface area contributed by atoms with Crippen molar-refractivity contribution in [1.29, 1.82) is 0 Å². The van der Waals surface area contributed by atoms with Crippen molar-refractivity contribution in [3.05, 3.63) is 42.4 Å². The fourth-order valence-corrected chi connectivity index (χ4v) is 9.76. The van der Waals surface area contributed by atoms with E-state index in [2.05, 4.69) is 16.6 Å². The van der Waals surface area contributed by atoms with Crippen LogP contribution in [-0.4, -0.2) is 72.2 Å². The van der Waals surface area contributed by atoms with Crippen molar-refractivity contribution in [2.24, 2.45) is 34.5 Å². The Bertz CT molecular complexity index is 1990. The van der Waals surface area contributed by atoms with Crippen molar-refractivity contribution in [1.82, 2.24) is 14.6 Å². The molecule has 13 heteroatoms. The summed E-state index contributed by atoms with van der Waals surface area (Å²) in [6.07, 6.45) is 8.63. The Morgan fingerprint density at radius 2 is 1.85 bits per heavy atom. The number of fused-ring (bicyclic) bond motifs is 3. The van der Waals surface area contributed by atoms with Gasteiger partial charge in [-0.3, -0.25) is 23.9 Å². The first-order valence-electron chi connectivity index (χ1n) is 19.7. The minimum Gasteiger partial charge on any atom is -0.494 e. The van der Waals surface area contributed by atoms with Crippen LogP contribution in [0.5, 0.6) is 11.6 Å². The van der Waals surface area contributed by atoms with Gasteiger partial charge < -0.3 is 14.4 Å². The van der Waals surface area contributed by atoms with E-state index < -0.39 is 55.4 Å². The van der Waals surface area contributed by atoms with Crippen molar-refractivity contribution in [3.63, 3.8) is 0 Å². The molecule has 2 aliphatic heterocycles. The minimum atomic E-state index is -3.97. The predicted octanol–water partition coefficient (Wildman–Crippen LogP) is 6.72. The standard InChI is InChI=1S/C42H56FN3O8S/c1-8-26-17-25(2)11-9-10-12-27-21-42(27,39(50)45-55(51,52)41(6)15-16-41)22-34(47)33-19-29(24-46(33)38(49)31(26)20-36(48)40(3,4)5)54-37-32-18-28(43)13-14-30(32)35(53-7)23-44-37/h10,12-14,18,23,25-27,29,31,33H,8-9,11,15-17,19-22,24H2,1-7H3,(H,45,50)/b12-10-/t25-,26-,27-,29-,31+,33+,42-/m1/s1. The number of ketones is 2. The van der Waals surface area contributed by atoms with E-state index in [1.807, 2.05) is 39.8 Å². The van der Waals surface area contributed by atoms with Crippen molar-refractivity contribution in [2.45, 2.75) is 123 Å². The highest BCUT2D eigenvalue weighted by atomic mass is 32.2. The van der Waals surface area contributed by atoms with Crippen LogP contribution in [0.15, 0.2) is 36.5 Å². The third kappa shape index (κ3) is 8.32. The number of carbonyl (C=O) groups excluding carboxylic acids is 4.